The maximum atomic E-state index is 11.8. The maximum absolute atomic E-state index is 11.8. The van der Waals surface area contributed by atoms with E-state index < -0.39 is 5.97 Å². The molecule has 0 aliphatic carbocycles. The Labute approximate surface area is 157 Å². The third-order valence-electron chi connectivity index (χ3n) is 4.25. The second-order valence-corrected chi connectivity index (χ2v) is 5.83. The van der Waals surface area contributed by atoms with Crippen molar-refractivity contribution in [3.05, 3.63) is 41.5 Å². The van der Waals surface area contributed by atoms with Gasteiger partial charge in [-0.2, -0.15) is 0 Å². The molecule has 0 spiro atoms. The third-order valence-corrected chi connectivity index (χ3v) is 4.25. The standard InChI is InChI=1S/C20H21NO6/c1-4-26-19-16(24-2)8-7-14(18(19)27-11-17(22)25-3)12-5-6-15-13(9-12)10-21-20(15)23/h5-9H,4,10-11H2,1-3H3,(H,21,23). The minimum Gasteiger partial charge on any atom is -0.493 e. The molecule has 0 bridgehead atoms. The lowest BCUT2D eigenvalue weighted by Gasteiger charge is -2.18. The fraction of sp³-hybridized carbons (Fsp3) is 0.300. The number of carbonyl (C=O) groups is 2. The van der Waals surface area contributed by atoms with Crippen LogP contribution in [-0.2, 0) is 16.1 Å². The lowest BCUT2D eigenvalue weighted by atomic mass is 9.99. The zero-order valence-corrected chi connectivity index (χ0v) is 15.5. The minimum absolute atomic E-state index is 0.0801. The third kappa shape index (κ3) is 3.67. The molecule has 7 heteroatoms. The van der Waals surface area contributed by atoms with E-state index in [1.807, 2.05) is 25.1 Å². The monoisotopic (exact) mass is 371 g/mol. The number of nitrogens with one attached hydrogen (secondary N) is 1. The van der Waals surface area contributed by atoms with Gasteiger partial charge in [0.15, 0.2) is 18.1 Å². The smallest absolute Gasteiger partial charge is 0.343 e. The average Bonchev–Trinajstić information content (AvgIpc) is 3.06. The van der Waals surface area contributed by atoms with Crippen LogP contribution in [0.3, 0.4) is 0 Å². The van der Waals surface area contributed by atoms with Crippen LogP contribution in [0.25, 0.3) is 11.1 Å². The number of carbonyl (C=O) groups excluding carboxylic acids is 2. The van der Waals surface area contributed by atoms with Crippen LogP contribution < -0.4 is 19.5 Å². The van der Waals surface area contributed by atoms with Crippen molar-refractivity contribution in [3.8, 4) is 28.4 Å². The highest BCUT2D eigenvalue weighted by Crippen LogP contribution is 2.45. The molecule has 0 unspecified atom stereocenters. The van der Waals surface area contributed by atoms with Crippen molar-refractivity contribution < 1.29 is 28.5 Å². The number of ether oxygens (including phenoxy) is 4. The summed E-state index contributed by atoms with van der Waals surface area (Å²) in [6, 6.07) is 9.16. The quantitative estimate of drug-likeness (QED) is 0.753. The Morgan fingerprint density at radius 2 is 1.85 bits per heavy atom. The summed E-state index contributed by atoms with van der Waals surface area (Å²) in [5, 5.41) is 2.80. The summed E-state index contributed by atoms with van der Waals surface area (Å²) in [5.74, 6) is 0.715. The summed E-state index contributed by atoms with van der Waals surface area (Å²) in [6.07, 6.45) is 0. The van der Waals surface area contributed by atoms with Gasteiger partial charge in [0.05, 0.1) is 20.8 Å². The lowest BCUT2D eigenvalue weighted by molar-refractivity contribution is -0.142. The number of hydrogen-bond acceptors (Lipinski definition) is 6. The van der Waals surface area contributed by atoms with Crippen molar-refractivity contribution >= 4 is 11.9 Å². The van der Waals surface area contributed by atoms with E-state index in [0.717, 1.165) is 16.7 Å². The Kier molecular flexibility index (Phi) is 5.49. The number of fused-ring (bicyclic) bond motifs is 1. The molecule has 0 atom stereocenters. The number of rotatable bonds is 7. The molecule has 1 heterocycles. The van der Waals surface area contributed by atoms with E-state index in [4.69, 9.17) is 14.2 Å². The molecular weight excluding hydrogens is 350 g/mol. The highest BCUT2D eigenvalue weighted by molar-refractivity contribution is 5.99. The van der Waals surface area contributed by atoms with Crippen molar-refractivity contribution in [2.45, 2.75) is 13.5 Å². The Morgan fingerprint density at radius 1 is 1.07 bits per heavy atom. The molecule has 0 saturated carbocycles. The van der Waals surface area contributed by atoms with Gasteiger partial charge in [-0.1, -0.05) is 6.07 Å². The van der Waals surface area contributed by atoms with Crippen LogP contribution in [-0.4, -0.2) is 39.3 Å². The molecule has 0 fully saturated rings. The summed E-state index contributed by atoms with van der Waals surface area (Å²) in [6.45, 7) is 2.47. The van der Waals surface area contributed by atoms with E-state index >= 15 is 0 Å². The van der Waals surface area contributed by atoms with Gasteiger partial charge in [0, 0.05) is 17.7 Å². The van der Waals surface area contributed by atoms with E-state index in [2.05, 4.69) is 10.1 Å². The van der Waals surface area contributed by atoms with Crippen LogP contribution in [0.15, 0.2) is 30.3 Å². The molecular formula is C20H21NO6. The van der Waals surface area contributed by atoms with Crippen LogP contribution in [0, 0.1) is 0 Å². The van der Waals surface area contributed by atoms with Gasteiger partial charge in [0.25, 0.3) is 5.91 Å². The number of esters is 1. The largest absolute Gasteiger partial charge is 0.493 e. The van der Waals surface area contributed by atoms with Gasteiger partial charge in [-0.3, -0.25) is 4.79 Å². The normalized spacial score (nSPS) is 12.2. The fourth-order valence-electron chi connectivity index (χ4n) is 2.95. The molecule has 27 heavy (non-hydrogen) atoms. The highest BCUT2D eigenvalue weighted by atomic mass is 16.6. The van der Waals surface area contributed by atoms with Gasteiger partial charge in [-0.25, -0.2) is 4.79 Å². The summed E-state index contributed by atoms with van der Waals surface area (Å²) in [7, 11) is 2.83. The minimum atomic E-state index is -0.505. The topological polar surface area (TPSA) is 83.1 Å². The zero-order valence-electron chi connectivity index (χ0n) is 15.5. The molecule has 3 rings (SSSR count). The molecule has 1 aliphatic heterocycles. The lowest BCUT2D eigenvalue weighted by Crippen LogP contribution is -2.14. The molecule has 2 aromatic carbocycles. The maximum Gasteiger partial charge on any atom is 0.343 e. The molecule has 1 amide bonds. The van der Waals surface area contributed by atoms with Crippen LogP contribution in [0.5, 0.6) is 17.2 Å². The summed E-state index contributed by atoms with van der Waals surface area (Å²) >= 11 is 0. The van der Waals surface area contributed by atoms with E-state index in [-0.39, 0.29) is 12.5 Å². The highest BCUT2D eigenvalue weighted by Gasteiger charge is 2.23. The van der Waals surface area contributed by atoms with E-state index in [1.165, 1.54) is 14.2 Å². The Balaban J connectivity index is 2.09. The van der Waals surface area contributed by atoms with Crippen molar-refractivity contribution in [3.63, 3.8) is 0 Å². The first kappa shape index (κ1) is 18.6. The zero-order chi connectivity index (χ0) is 19.4. The first-order valence-corrected chi connectivity index (χ1v) is 8.54. The Bertz CT molecular complexity index is 877. The molecule has 2 aromatic rings. The van der Waals surface area contributed by atoms with Crippen molar-refractivity contribution in [1.29, 1.82) is 0 Å². The number of benzene rings is 2. The number of methoxy groups -OCH3 is 2. The summed E-state index contributed by atoms with van der Waals surface area (Å²) < 4.78 is 21.5. The molecule has 1 N–H and O–H groups in total. The Hall–Kier alpha value is -3.22. The molecule has 0 radical (unpaired) electrons. The van der Waals surface area contributed by atoms with Gasteiger partial charge in [-0.15, -0.1) is 0 Å². The van der Waals surface area contributed by atoms with Crippen molar-refractivity contribution in [2.24, 2.45) is 0 Å². The second-order valence-electron chi connectivity index (χ2n) is 5.83. The summed E-state index contributed by atoms with van der Waals surface area (Å²) in [5.41, 5.74) is 3.14. The average molecular weight is 371 g/mol. The fourth-order valence-corrected chi connectivity index (χ4v) is 2.95. The van der Waals surface area contributed by atoms with Crippen LogP contribution in [0.2, 0.25) is 0 Å². The van der Waals surface area contributed by atoms with Crippen molar-refractivity contribution in [2.75, 3.05) is 27.4 Å². The first-order chi connectivity index (χ1) is 13.1. The molecule has 0 aromatic heterocycles. The Morgan fingerprint density at radius 3 is 2.56 bits per heavy atom. The van der Waals surface area contributed by atoms with Gasteiger partial charge in [0.1, 0.15) is 0 Å². The predicted molar refractivity (Wildman–Crippen MR) is 98.3 cm³/mol. The van der Waals surface area contributed by atoms with Crippen molar-refractivity contribution in [1.82, 2.24) is 5.32 Å². The van der Waals surface area contributed by atoms with Gasteiger partial charge in [0.2, 0.25) is 5.75 Å². The SMILES string of the molecule is CCOc1c(OC)ccc(-c2ccc3c(c2)CNC3=O)c1OCC(=O)OC. The molecule has 0 saturated heterocycles. The van der Waals surface area contributed by atoms with Gasteiger partial charge >= 0.3 is 5.97 Å². The van der Waals surface area contributed by atoms with Gasteiger partial charge in [-0.05, 0) is 42.3 Å². The molecule has 142 valence electrons. The predicted octanol–water partition coefficient (Wildman–Crippen LogP) is 2.56. The van der Waals surface area contributed by atoms with Crippen LogP contribution in [0.1, 0.15) is 22.8 Å². The number of amides is 1. The second kappa shape index (κ2) is 7.99. The van der Waals surface area contributed by atoms with Gasteiger partial charge < -0.3 is 24.3 Å². The van der Waals surface area contributed by atoms with Crippen LogP contribution in [0.4, 0.5) is 0 Å². The first-order valence-electron chi connectivity index (χ1n) is 8.54. The van der Waals surface area contributed by atoms with E-state index in [1.54, 1.807) is 12.1 Å². The van der Waals surface area contributed by atoms with E-state index in [0.29, 0.717) is 36.0 Å². The summed E-state index contributed by atoms with van der Waals surface area (Å²) in [4.78, 5) is 23.4. The van der Waals surface area contributed by atoms with Crippen LogP contribution >= 0.6 is 0 Å². The van der Waals surface area contributed by atoms with E-state index in [9.17, 15) is 9.59 Å². The molecule has 7 nitrogen and oxygen atoms in total. The molecule has 1 aliphatic rings. The number of hydrogen-bond donors (Lipinski definition) is 1.